The van der Waals surface area contributed by atoms with Crippen LogP contribution in [0.5, 0.6) is 0 Å². The molecule has 1 atom stereocenters. The van der Waals surface area contributed by atoms with Crippen LogP contribution in [0.15, 0.2) is 12.3 Å². The van der Waals surface area contributed by atoms with E-state index in [4.69, 9.17) is 0 Å². The molecule has 0 aromatic carbocycles. The van der Waals surface area contributed by atoms with Crippen LogP contribution in [-0.2, 0) is 12.7 Å². The highest BCUT2D eigenvalue weighted by molar-refractivity contribution is 5.54. The van der Waals surface area contributed by atoms with Crippen molar-refractivity contribution < 1.29 is 17.6 Å². The van der Waals surface area contributed by atoms with Gasteiger partial charge in [0.15, 0.2) is 5.69 Å². The van der Waals surface area contributed by atoms with E-state index in [0.717, 1.165) is 25.2 Å². The van der Waals surface area contributed by atoms with Gasteiger partial charge >= 0.3 is 6.18 Å². The quantitative estimate of drug-likeness (QED) is 0.840. The fourth-order valence-electron chi connectivity index (χ4n) is 3.48. The monoisotopic (exact) mass is 360 g/mol. The molecule has 2 aliphatic rings. The molecule has 0 aliphatic carbocycles. The molecule has 0 amide bonds. The third-order valence-electron chi connectivity index (χ3n) is 4.98. The first-order valence-corrected chi connectivity index (χ1v) is 8.74. The highest BCUT2D eigenvalue weighted by atomic mass is 19.4. The topological polar surface area (TPSA) is 31.4 Å². The Morgan fingerprint density at radius 3 is 2.60 bits per heavy atom. The smallest absolute Gasteiger partial charge is 0.370 e. The van der Waals surface area contributed by atoms with Crippen LogP contribution in [0.1, 0.15) is 31.0 Å². The van der Waals surface area contributed by atoms with Gasteiger partial charge in [-0.15, -0.1) is 0 Å². The fraction of sp³-hybridized carbons (Fsp3) is 0.706. The molecule has 0 radical (unpaired) electrons. The number of anilines is 1. The first-order chi connectivity index (χ1) is 11.8. The largest absolute Gasteiger partial charge is 0.435 e. The number of pyridine rings is 1. The summed E-state index contributed by atoms with van der Waals surface area (Å²) in [4.78, 5) is 7.59. The molecule has 8 heteroatoms. The molecule has 0 spiro atoms. The third-order valence-corrected chi connectivity index (χ3v) is 4.98. The van der Waals surface area contributed by atoms with Crippen molar-refractivity contribution in [2.75, 3.05) is 37.6 Å². The maximum absolute atomic E-state index is 13.4. The molecule has 2 saturated heterocycles. The fourth-order valence-corrected chi connectivity index (χ4v) is 3.48. The molecule has 2 aliphatic heterocycles. The number of aromatic nitrogens is 1. The van der Waals surface area contributed by atoms with Crippen molar-refractivity contribution in [3.05, 3.63) is 23.5 Å². The predicted octanol–water partition coefficient (Wildman–Crippen LogP) is 2.83. The summed E-state index contributed by atoms with van der Waals surface area (Å²) in [7, 11) is 0. The first kappa shape index (κ1) is 18.4. The van der Waals surface area contributed by atoms with Crippen molar-refractivity contribution in [2.45, 2.75) is 44.7 Å². The van der Waals surface area contributed by atoms with Crippen LogP contribution >= 0.6 is 0 Å². The van der Waals surface area contributed by atoms with E-state index in [0.29, 0.717) is 25.7 Å². The third kappa shape index (κ3) is 4.41. The Labute approximate surface area is 145 Å². The maximum atomic E-state index is 13.4. The highest BCUT2D eigenvalue weighted by Crippen LogP contribution is 2.36. The summed E-state index contributed by atoms with van der Waals surface area (Å²) in [5, 5.41) is 3.30. The molecule has 1 aromatic heterocycles. The molecular formula is C17H24F4N4. The molecule has 1 N–H and O–H groups in total. The van der Waals surface area contributed by atoms with Gasteiger partial charge in [0.05, 0.1) is 5.69 Å². The van der Waals surface area contributed by atoms with Gasteiger partial charge in [-0.05, 0) is 31.4 Å². The molecule has 4 nitrogen and oxygen atoms in total. The number of halogens is 4. The van der Waals surface area contributed by atoms with Crippen molar-refractivity contribution in [1.29, 1.82) is 0 Å². The Morgan fingerprint density at radius 2 is 1.96 bits per heavy atom. The van der Waals surface area contributed by atoms with Crippen molar-refractivity contribution >= 4 is 5.69 Å². The van der Waals surface area contributed by atoms with Crippen molar-refractivity contribution in [1.82, 2.24) is 15.2 Å². The molecule has 2 fully saturated rings. The number of nitrogens with zero attached hydrogens (tertiary/aromatic N) is 3. The normalized spacial score (nSPS) is 23.9. The minimum atomic E-state index is -4.51. The van der Waals surface area contributed by atoms with Crippen LogP contribution in [0, 0.1) is 0 Å². The summed E-state index contributed by atoms with van der Waals surface area (Å²) in [6.07, 6.45) is -3.60. The van der Waals surface area contributed by atoms with Crippen molar-refractivity contribution in [2.24, 2.45) is 0 Å². The van der Waals surface area contributed by atoms with Crippen LogP contribution in [0.2, 0.25) is 0 Å². The van der Waals surface area contributed by atoms with E-state index in [1.165, 1.54) is 6.20 Å². The summed E-state index contributed by atoms with van der Waals surface area (Å²) in [5.41, 5.74) is -0.0271. The van der Waals surface area contributed by atoms with Gasteiger partial charge in [-0.3, -0.25) is 4.90 Å². The number of piperazine rings is 1. The van der Waals surface area contributed by atoms with E-state index in [2.05, 4.69) is 22.1 Å². The van der Waals surface area contributed by atoms with Crippen molar-refractivity contribution in [3.8, 4) is 0 Å². The van der Waals surface area contributed by atoms with Gasteiger partial charge in [0, 0.05) is 51.5 Å². The van der Waals surface area contributed by atoms with Crippen LogP contribution < -0.4 is 10.2 Å². The molecule has 25 heavy (non-hydrogen) atoms. The average molecular weight is 360 g/mol. The number of nitrogens with one attached hydrogen (secondary N) is 1. The van der Waals surface area contributed by atoms with Gasteiger partial charge in [-0.25, -0.2) is 9.37 Å². The lowest BCUT2D eigenvalue weighted by atomic mass is 10.1. The van der Waals surface area contributed by atoms with E-state index >= 15 is 0 Å². The second kappa shape index (κ2) is 7.45. The van der Waals surface area contributed by atoms with Crippen LogP contribution in [0.25, 0.3) is 0 Å². The van der Waals surface area contributed by atoms with E-state index in [1.807, 2.05) is 0 Å². The van der Waals surface area contributed by atoms with Gasteiger partial charge < -0.3 is 10.2 Å². The Morgan fingerprint density at radius 1 is 1.24 bits per heavy atom. The molecule has 1 aromatic rings. The number of hydrogen-bond acceptors (Lipinski definition) is 4. The van der Waals surface area contributed by atoms with Gasteiger partial charge in [-0.1, -0.05) is 0 Å². The van der Waals surface area contributed by atoms with E-state index in [-0.39, 0.29) is 18.5 Å². The summed E-state index contributed by atoms with van der Waals surface area (Å²) >= 11 is 0. The van der Waals surface area contributed by atoms with E-state index < -0.39 is 18.0 Å². The zero-order valence-corrected chi connectivity index (χ0v) is 14.3. The maximum Gasteiger partial charge on any atom is 0.435 e. The van der Waals surface area contributed by atoms with Gasteiger partial charge in [0.1, 0.15) is 6.17 Å². The minimum Gasteiger partial charge on any atom is -0.370 e. The summed E-state index contributed by atoms with van der Waals surface area (Å²) < 4.78 is 53.4. The van der Waals surface area contributed by atoms with Gasteiger partial charge in [0.25, 0.3) is 0 Å². The summed E-state index contributed by atoms with van der Waals surface area (Å²) in [6.45, 7) is 5.83. The summed E-state index contributed by atoms with van der Waals surface area (Å²) in [6, 6.07) is 1.91. The Bertz CT molecular complexity index is 585. The first-order valence-electron chi connectivity index (χ1n) is 8.74. The Balaban J connectivity index is 1.84. The van der Waals surface area contributed by atoms with Gasteiger partial charge in [-0.2, -0.15) is 13.2 Å². The SMILES string of the molecule is C[C@H]1CNCCN1Cc1cnc(C(F)(F)F)c(N2CCC(F)CC2)c1. The minimum absolute atomic E-state index is 0.0830. The zero-order chi connectivity index (χ0) is 18.0. The number of piperidine rings is 1. The molecule has 3 heterocycles. The van der Waals surface area contributed by atoms with Crippen molar-refractivity contribution in [3.63, 3.8) is 0 Å². The average Bonchev–Trinajstić information content (AvgIpc) is 2.57. The zero-order valence-electron chi connectivity index (χ0n) is 14.3. The van der Waals surface area contributed by atoms with Crippen LogP contribution in [0.3, 0.4) is 0 Å². The lowest BCUT2D eigenvalue weighted by Gasteiger charge is -2.35. The summed E-state index contributed by atoms with van der Waals surface area (Å²) in [5.74, 6) is 0. The molecular weight excluding hydrogens is 336 g/mol. The van der Waals surface area contributed by atoms with Gasteiger partial charge in [0.2, 0.25) is 0 Å². The lowest BCUT2D eigenvalue weighted by molar-refractivity contribution is -0.140. The Kier molecular flexibility index (Phi) is 5.48. The molecule has 140 valence electrons. The number of alkyl halides is 4. The molecule has 0 unspecified atom stereocenters. The molecule has 3 rings (SSSR count). The van der Waals surface area contributed by atoms with E-state index in [1.54, 1.807) is 11.0 Å². The standard InChI is InChI=1S/C17H24F4N4/c1-12-9-22-4-7-25(12)11-13-8-15(16(23-10-13)17(19,20)21)24-5-2-14(18)3-6-24/h8,10,12,14,22H,2-7,9,11H2,1H3/t12-/m0/s1. The van der Waals surface area contributed by atoms with Crippen LogP contribution in [-0.4, -0.2) is 54.8 Å². The van der Waals surface area contributed by atoms with E-state index in [9.17, 15) is 17.6 Å². The molecule has 0 saturated carbocycles. The lowest BCUT2D eigenvalue weighted by Crippen LogP contribution is -2.49. The van der Waals surface area contributed by atoms with Crippen LogP contribution in [0.4, 0.5) is 23.2 Å². The second-order valence-electron chi connectivity index (χ2n) is 6.89. The number of rotatable bonds is 3. The number of hydrogen-bond donors (Lipinski definition) is 1. The Hall–Kier alpha value is -1.41. The highest BCUT2D eigenvalue weighted by Gasteiger charge is 2.38. The predicted molar refractivity (Wildman–Crippen MR) is 88.3 cm³/mol. The second-order valence-corrected chi connectivity index (χ2v) is 6.89. The molecule has 0 bridgehead atoms.